The Kier molecular flexibility index (Phi) is 6.68. The Labute approximate surface area is 134 Å². The van der Waals surface area contributed by atoms with E-state index in [9.17, 15) is 9.59 Å². The van der Waals surface area contributed by atoms with Crippen molar-refractivity contribution in [2.75, 3.05) is 45.8 Å². The van der Waals surface area contributed by atoms with Gasteiger partial charge in [0.1, 0.15) is 0 Å². The zero-order valence-corrected chi connectivity index (χ0v) is 14.2. The molecule has 22 heavy (non-hydrogen) atoms. The first-order chi connectivity index (χ1) is 10.7. The Balaban J connectivity index is 1.73. The van der Waals surface area contributed by atoms with E-state index in [-0.39, 0.29) is 11.8 Å². The van der Waals surface area contributed by atoms with E-state index in [1.807, 2.05) is 9.80 Å². The fourth-order valence-corrected chi connectivity index (χ4v) is 3.23. The van der Waals surface area contributed by atoms with Crippen LogP contribution in [0, 0.1) is 5.92 Å². The quantitative estimate of drug-likeness (QED) is 0.717. The molecular formula is C17H31N3O2. The molecular weight excluding hydrogens is 278 g/mol. The van der Waals surface area contributed by atoms with Gasteiger partial charge in [-0.15, -0.1) is 0 Å². The summed E-state index contributed by atoms with van der Waals surface area (Å²) in [7, 11) is 0. The molecule has 0 unspecified atom stereocenters. The third-order valence-corrected chi connectivity index (χ3v) is 4.84. The van der Waals surface area contributed by atoms with Crippen molar-refractivity contribution in [2.45, 2.75) is 46.0 Å². The molecule has 2 fully saturated rings. The van der Waals surface area contributed by atoms with Crippen LogP contribution in [0.3, 0.4) is 0 Å². The molecule has 2 amide bonds. The molecule has 0 aromatic carbocycles. The first-order valence-corrected chi connectivity index (χ1v) is 8.94. The molecule has 0 aromatic rings. The number of nitrogens with zero attached hydrogens (tertiary/aromatic N) is 3. The monoisotopic (exact) mass is 309 g/mol. The summed E-state index contributed by atoms with van der Waals surface area (Å²) in [6.07, 6.45) is 5.36. The standard InChI is InChI=1S/C17H31N3O2/c1-3-8-19(9-4-2)16(21)14-18-10-12-20(13-11-18)17(22)15-6-5-7-15/h15H,3-14H2,1-2H3. The second-order valence-electron chi connectivity index (χ2n) is 6.61. The molecule has 1 aliphatic heterocycles. The summed E-state index contributed by atoms with van der Waals surface area (Å²) in [4.78, 5) is 30.8. The van der Waals surface area contributed by atoms with E-state index in [0.717, 1.165) is 65.0 Å². The van der Waals surface area contributed by atoms with Gasteiger partial charge in [-0.3, -0.25) is 14.5 Å². The Morgan fingerprint density at radius 1 is 1.00 bits per heavy atom. The lowest BCUT2D eigenvalue weighted by Gasteiger charge is -2.38. The summed E-state index contributed by atoms with van der Waals surface area (Å²) in [5.74, 6) is 0.871. The average molecular weight is 309 g/mol. The van der Waals surface area contributed by atoms with Gasteiger partial charge in [-0.05, 0) is 25.7 Å². The number of carbonyl (C=O) groups is 2. The summed E-state index contributed by atoms with van der Waals surface area (Å²) >= 11 is 0. The van der Waals surface area contributed by atoms with Crippen LogP contribution in [-0.2, 0) is 9.59 Å². The molecule has 0 bridgehead atoms. The smallest absolute Gasteiger partial charge is 0.236 e. The maximum Gasteiger partial charge on any atom is 0.236 e. The van der Waals surface area contributed by atoms with Gasteiger partial charge in [0.15, 0.2) is 0 Å². The molecule has 1 heterocycles. The molecule has 1 saturated carbocycles. The van der Waals surface area contributed by atoms with E-state index < -0.39 is 0 Å². The molecule has 0 spiro atoms. The largest absolute Gasteiger partial charge is 0.342 e. The zero-order valence-electron chi connectivity index (χ0n) is 14.2. The number of piperazine rings is 1. The zero-order chi connectivity index (χ0) is 15.9. The van der Waals surface area contributed by atoms with E-state index >= 15 is 0 Å². The van der Waals surface area contributed by atoms with Crippen molar-refractivity contribution in [3.63, 3.8) is 0 Å². The summed E-state index contributed by atoms with van der Waals surface area (Å²) in [6, 6.07) is 0. The van der Waals surface area contributed by atoms with Crippen LogP contribution in [0.4, 0.5) is 0 Å². The maximum atomic E-state index is 12.4. The highest BCUT2D eigenvalue weighted by Crippen LogP contribution is 2.28. The topological polar surface area (TPSA) is 43.9 Å². The van der Waals surface area contributed by atoms with Crippen molar-refractivity contribution < 1.29 is 9.59 Å². The molecule has 126 valence electrons. The molecule has 1 aliphatic carbocycles. The second-order valence-corrected chi connectivity index (χ2v) is 6.61. The Hall–Kier alpha value is -1.10. The van der Waals surface area contributed by atoms with Crippen LogP contribution < -0.4 is 0 Å². The van der Waals surface area contributed by atoms with Gasteiger partial charge in [-0.1, -0.05) is 20.3 Å². The molecule has 0 N–H and O–H groups in total. The maximum absolute atomic E-state index is 12.4. The Morgan fingerprint density at radius 2 is 1.59 bits per heavy atom. The van der Waals surface area contributed by atoms with Gasteiger partial charge in [-0.25, -0.2) is 0 Å². The third kappa shape index (κ3) is 4.45. The lowest BCUT2D eigenvalue weighted by molar-refractivity contribution is -0.140. The van der Waals surface area contributed by atoms with Crippen LogP contribution in [0.2, 0.25) is 0 Å². The van der Waals surface area contributed by atoms with E-state index in [1.54, 1.807) is 0 Å². The van der Waals surface area contributed by atoms with E-state index in [4.69, 9.17) is 0 Å². The first-order valence-electron chi connectivity index (χ1n) is 8.94. The summed E-state index contributed by atoms with van der Waals surface area (Å²) in [5.41, 5.74) is 0. The van der Waals surface area contributed by atoms with Gasteiger partial charge in [0.25, 0.3) is 0 Å². The minimum atomic E-state index is 0.238. The second kappa shape index (κ2) is 8.51. The lowest BCUT2D eigenvalue weighted by Crippen LogP contribution is -2.53. The third-order valence-electron chi connectivity index (χ3n) is 4.84. The Bertz CT molecular complexity index is 368. The highest BCUT2D eigenvalue weighted by molar-refractivity contribution is 5.80. The predicted molar refractivity (Wildman–Crippen MR) is 87.5 cm³/mol. The van der Waals surface area contributed by atoms with Gasteiger partial charge in [0.05, 0.1) is 6.54 Å². The van der Waals surface area contributed by atoms with Crippen molar-refractivity contribution in [3.05, 3.63) is 0 Å². The van der Waals surface area contributed by atoms with Crippen LogP contribution in [-0.4, -0.2) is 72.3 Å². The summed E-state index contributed by atoms with van der Waals surface area (Å²) in [5, 5.41) is 0. The normalized spacial score (nSPS) is 19.8. The van der Waals surface area contributed by atoms with Crippen molar-refractivity contribution in [2.24, 2.45) is 5.92 Å². The number of hydrogen-bond acceptors (Lipinski definition) is 3. The fraction of sp³-hybridized carbons (Fsp3) is 0.882. The highest BCUT2D eigenvalue weighted by Gasteiger charge is 2.31. The van der Waals surface area contributed by atoms with Crippen molar-refractivity contribution in [1.82, 2.24) is 14.7 Å². The van der Waals surface area contributed by atoms with Crippen LogP contribution in [0.1, 0.15) is 46.0 Å². The fourth-order valence-electron chi connectivity index (χ4n) is 3.23. The lowest BCUT2D eigenvalue weighted by atomic mass is 9.84. The molecule has 0 radical (unpaired) electrons. The molecule has 0 atom stereocenters. The van der Waals surface area contributed by atoms with Gasteiger partial charge < -0.3 is 9.80 Å². The van der Waals surface area contributed by atoms with Gasteiger partial charge in [0.2, 0.25) is 11.8 Å². The number of hydrogen-bond donors (Lipinski definition) is 0. The van der Waals surface area contributed by atoms with Gasteiger partial charge in [0, 0.05) is 45.2 Å². The van der Waals surface area contributed by atoms with Crippen LogP contribution in [0.25, 0.3) is 0 Å². The van der Waals surface area contributed by atoms with Gasteiger partial charge in [-0.2, -0.15) is 0 Å². The summed E-state index contributed by atoms with van der Waals surface area (Å²) < 4.78 is 0. The van der Waals surface area contributed by atoms with Crippen LogP contribution in [0.5, 0.6) is 0 Å². The molecule has 2 aliphatic rings. The minimum Gasteiger partial charge on any atom is -0.342 e. The van der Waals surface area contributed by atoms with Crippen molar-refractivity contribution >= 4 is 11.8 Å². The first kappa shape index (κ1) is 17.3. The molecule has 2 rings (SSSR count). The van der Waals surface area contributed by atoms with E-state index in [2.05, 4.69) is 18.7 Å². The number of carbonyl (C=O) groups excluding carboxylic acids is 2. The van der Waals surface area contributed by atoms with E-state index in [0.29, 0.717) is 12.5 Å². The highest BCUT2D eigenvalue weighted by atomic mass is 16.2. The van der Waals surface area contributed by atoms with Crippen molar-refractivity contribution in [3.8, 4) is 0 Å². The van der Waals surface area contributed by atoms with Crippen LogP contribution >= 0.6 is 0 Å². The molecule has 5 heteroatoms. The van der Waals surface area contributed by atoms with Crippen LogP contribution in [0.15, 0.2) is 0 Å². The molecule has 5 nitrogen and oxygen atoms in total. The predicted octanol–water partition coefficient (Wildman–Crippen LogP) is 1.58. The van der Waals surface area contributed by atoms with Crippen molar-refractivity contribution in [1.29, 1.82) is 0 Å². The minimum absolute atomic E-state index is 0.238. The van der Waals surface area contributed by atoms with E-state index in [1.165, 1.54) is 6.42 Å². The average Bonchev–Trinajstić information content (AvgIpc) is 2.46. The Morgan fingerprint density at radius 3 is 2.05 bits per heavy atom. The molecule has 1 saturated heterocycles. The number of amides is 2. The molecule has 0 aromatic heterocycles. The number of rotatable bonds is 7. The SMILES string of the molecule is CCCN(CCC)C(=O)CN1CCN(C(=O)C2CCC2)CC1. The van der Waals surface area contributed by atoms with Gasteiger partial charge >= 0.3 is 0 Å². The summed E-state index contributed by atoms with van der Waals surface area (Å²) in [6.45, 7) is 9.66.